The molecule has 0 heterocycles. The number of halogens is 2. The Hall–Kier alpha value is -1.96. The lowest BCUT2D eigenvalue weighted by Crippen LogP contribution is -2.11. The predicted octanol–water partition coefficient (Wildman–Crippen LogP) is 3.16. The lowest BCUT2D eigenvalue weighted by Gasteiger charge is -2.12. The van der Waals surface area contributed by atoms with E-state index in [9.17, 15) is 13.6 Å². The van der Waals surface area contributed by atoms with Gasteiger partial charge in [-0.2, -0.15) is 5.26 Å². The molecule has 0 amide bonds. The number of carbonyl (C=O) groups is 1. The van der Waals surface area contributed by atoms with Crippen molar-refractivity contribution in [2.75, 3.05) is 6.61 Å². The predicted molar refractivity (Wildman–Crippen MR) is 65.8 cm³/mol. The summed E-state index contributed by atoms with van der Waals surface area (Å²) in [6.45, 7) is 3.70. The van der Waals surface area contributed by atoms with Crippen LogP contribution in [0.2, 0.25) is 0 Å². The summed E-state index contributed by atoms with van der Waals surface area (Å²) in [5, 5.41) is 8.95. The molecule has 0 aliphatic rings. The Bertz CT molecular complexity index is 507. The molecule has 1 rings (SSSR count). The van der Waals surface area contributed by atoms with Gasteiger partial charge in [0.1, 0.15) is 0 Å². The number of alkyl halides is 2. The largest absolute Gasteiger partial charge is 0.466 e. The van der Waals surface area contributed by atoms with E-state index < -0.39 is 12.4 Å². The Morgan fingerprint density at radius 3 is 2.58 bits per heavy atom. The van der Waals surface area contributed by atoms with E-state index in [4.69, 9.17) is 10.00 Å². The van der Waals surface area contributed by atoms with Gasteiger partial charge in [0.2, 0.25) is 0 Å². The summed E-state index contributed by atoms with van der Waals surface area (Å²) in [7, 11) is 0. The zero-order valence-corrected chi connectivity index (χ0v) is 10.9. The van der Waals surface area contributed by atoms with Crippen LogP contribution in [0.4, 0.5) is 8.78 Å². The van der Waals surface area contributed by atoms with Crippen LogP contribution in [-0.2, 0) is 22.4 Å². The van der Waals surface area contributed by atoms with E-state index in [-0.39, 0.29) is 29.7 Å². The van der Waals surface area contributed by atoms with Crippen LogP contribution in [0, 0.1) is 11.3 Å². The number of ether oxygens (including phenoxy) is 1. The van der Waals surface area contributed by atoms with Gasteiger partial charge in [-0.3, -0.25) is 4.79 Å². The molecule has 0 fully saturated rings. The van der Waals surface area contributed by atoms with Crippen molar-refractivity contribution in [3.63, 3.8) is 0 Å². The third-order valence-electron chi connectivity index (χ3n) is 2.71. The molecule has 0 N–H and O–H groups in total. The zero-order chi connectivity index (χ0) is 14.4. The first-order valence-corrected chi connectivity index (χ1v) is 6.03. The third kappa shape index (κ3) is 3.75. The second-order valence-electron chi connectivity index (χ2n) is 3.96. The minimum Gasteiger partial charge on any atom is -0.466 e. The fourth-order valence-electron chi connectivity index (χ4n) is 1.85. The Morgan fingerprint density at radius 2 is 2.11 bits per heavy atom. The fraction of sp³-hybridized carbons (Fsp3) is 0.429. The molecule has 0 radical (unpaired) electrons. The van der Waals surface area contributed by atoms with Crippen molar-refractivity contribution in [2.45, 2.75) is 33.1 Å². The SMILES string of the molecule is CCOC(=O)Cc1cc(CC)cc(C#N)c1C(F)F. The molecular weight excluding hydrogens is 252 g/mol. The standard InChI is InChI=1S/C14H15F2NO2/c1-3-9-5-10(7-12(18)19-4-2)13(14(15)16)11(6-9)8-17/h5-6,14H,3-4,7H2,1-2H3. The van der Waals surface area contributed by atoms with Crippen molar-refractivity contribution < 1.29 is 18.3 Å². The van der Waals surface area contributed by atoms with Crippen molar-refractivity contribution in [1.82, 2.24) is 0 Å². The molecule has 5 heteroatoms. The highest BCUT2D eigenvalue weighted by Crippen LogP contribution is 2.28. The van der Waals surface area contributed by atoms with Gasteiger partial charge in [-0.05, 0) is 30.5 Å². The fourth-order valence-corrected chi connectivity index (χ4v) is 1.85. The number of nitriles is 1. The summed E-state index contributed by atoms with van der Waals surface area (Å²) in [5.41, 5.74) is 0.478. The number of benzene rings is 1. The first kappa shape index (κ1) is 15.1. The highest BCUT2D eigenvalue weighted by Gasteiger charge is 2.21. The van der Waals surface area contributed by atoms with Gasteiger partial charge in [0.15, 0.2) is 0 Å². The van der Waals surface area contributed by atoms with Crippen LogP contribution in [0.1, 0.15) is 42.5 Å². The Balaban J connectivity index is 3.26. The Morgan fingerprint density at radius 1 is 1.42 bits per heavy atom. The van der Waals surface area contributed by atoms with Gasteiger partial charge in [0.05, 0.1) is 24.7 Å². The molecule has 0 aliphatic heterocycles. The van der Waals surface area contributed by atoms with Gasteiger partial charge in [0.25, 0.3) is 6.43 Å². The van der Waals surface area contributed by atoms with Crippen LogP contribution >= 0.6 is 0 Å². The number of nitrogens with zero attached hydrogens (tertiary/aromatic N) is 1. The minimum absolute atomic E-state index is 0.0753. The third-order valence-corrected chi connectivity index (χ3v) is 2.71. The van der Waals surface area contributed by atoms with E-state index in [1.165, 1.54) is 6.07 Å². The van der Waals surface area contributed by atoms with Gasteiger partial charge in [-0.15, -0.1) is 0 Å². The topological polar surface area (TPSA) is 50.1 Å². The highest BCUT2D eigenvalue weighted by molar-refractivity contribution is 5.73. The summed E-state index contributed by atoms with van der Waals surface area (Å²) in [6, 6.07) is 4.75. The number of hydrogen-bond acceptors (Lipinski definition) is 3. The minimum atomic E-state index is -2.79. The number of carbonyl (C=O) groups excluding carboxylic acids is 1. The summed E-state index contributed by atoms with van der Waals surface area (Å²) in [4.78, 5) is 11.4. The molecular formula is C14H15F2NO2. The van der Waals surface area contributed by atoms with Crippen LogP contribution in [0.3, 0.4) is 0 Å². The molecule has 1 aromatic rings. The zero-order valence-electron chi connectivity index (χ0n) is 10.9. The molecule has 0 saturated carbocycles. The summed E-state index contributed by atoms with van der Waals surface area (Å²) < 4.78 is 30.8. The average Bonchev–Trinajstić information content (AvgIpc) is 2.37. The van der Waals surface area contributed by atoms with Gasteiger partial charge >= 0.3 is 5.97 Å². The molecule has 1 aromatic carbocycles. The Kier molecular flexibility index (Phi) is 5.43. The summed E-state index contributed by atoms with van der Waals surface area (Å²) in [6.07, 6.45) is -2.42. The molecule has 0 spiro atoms. The van der Waals surface area contributed by atoms with Crippen molar-refractivity contribution >= 4 is 5.97 Å². The van der Waals surface area contributed by atoms with E-state index in [1.54, 1.807) is 19.1 Å². The number of aryl methyl sites for hydroxylation is 1. The van der Waals surface area contributed by atoms with Crippen LogP contribution in [0.5, 0.6) is 0 Å². The van der Waals surface area contributed by atoms with Gasteiger partial charge < -0.3 is 4.74 Å². The summed E-state index contributed by atoms with van der Waals surface area (Å²) >= 11 is 0. The summed E-state index contributed by atoms with van der Waals surface area (Å²) in [5.74, 6) is -0.568. The maximum atomic E-state index is 13.0. The van der Waals surface area contributed by atoms with Crippen molar-refractivity contribution in [1.29, 1.82) is 5.26 Å². The lowest BCUT2D eigenvalue weighted by atomic mass is 9.95. The number of esters is 1. The molecule has 102 valence electrons. The monoisotopic (exact) mass is 267 g/mol. The number of hydrogen-bond donors (Lipinski definition) is 0. The van der Waals surface area contributed by atoms with E-state index >= 15 is 0 Å². The van der Waals surface area contributed by atoms with Crippen LogP contribution in [0.15, 0.2) is 12.1 Å². The van der Waals surface area contributed by atoms with E-state index in [2.05, 4.69) is 0 Å². The van der Waals surface area contributed by atoms with E-state index in [0.29, 0.717) is 6.42 Å². The maximum Gasteiger partial charge on any atom is 0.310 e. The Labute approximate surface area is 110 Å². The molecule has 0 unspecified atom stereocenters. The van der Waals surface area contributed by atoms with Crippen LogP contribution in [0.25, 0.3) is 0 Å². The van der Waals surface area contributed by atoms with E-state index in [1.807, 2.05) is 6.92 Å². The maximum absolute atomic E-state index is 13.0. The smallest absolute Gasteiger partial charge is 0.310 e. The first-order chi connectivity index (χ1) is 9.03. The van der Waals surface area contributed by atoms with Crippen molar-refractivity contribution in [3.8, 4) is 6.07 Å². The molecule has 0 atom stereocenters. The normalized spacial score (nSPS) is 10.3. The second kappa shape index (κ2) is 6.83. The lowest BCUT2D eigenvalue weighted by molar-refractivity contribution is -0.142. The second-order valence-corrected chi connectivity index (χ2v) is 3.96. The van der Waals surface area contributed by atoms with Gasteiger partial charge in [-0.25, -0.2) is 8.78 Å². The molecule has 19 heavy (non-hydrogen) atoms. The molecule has 3 nitrogen and oxygen atoms in total. The van der Waals surface area contributed by atoms with Crippen LogP contribution < -0.4 is 0 Å². The van der Waals surface area contributed by atoms with Gasteiger partial charge in [0, 0.05) is 5.56 Å². The highest BCUT2D eigenvalue weighted by atomic mass is 19.3. The van der Waals surface area contributed by atoms with Crippen molar-refractivity contribution in [2.24, 2.45) is 0 Å². The van der Waals surface area contributed by atoms with Crippen molar-refractivity contribution in [3.05, 3.63) is 34.4 Å². The van der Waals surface area contributed by atoms with Gasteiger partial charge in [-0.1, -0.05) is 13.0 Å². The molecule has 0 aliphatic carbocycles. The van der Waals surface area contributed by atoms with Crippen LogP contribution in [-0.4, -0.2) is 12.6 Å². The quantitative estimate of drug-likeness (QED) is 0.770. The average molecular weight is 267 g/mol. The van der Waals surface area contributed by atoms with E-state index in [0.717, 1.165) is 5.56 Å². The molecule has 0 bridgehead atoms. The molecule has 0 aromatic heterocycles. The number of rotatable bonds is 5. The molecule has 0 saturated heterocycles. The first-order valence-electron chi connectivity index (χ1n) is 6.03.